The highest BCUT2D eigenvalue weighted by Crippen LogP contribution is 2.60. The first-order valence-corrected chi connectivity index (χ1v) is 8.53. The van der Waals surface area contributed by atoms with Crippen LogP contribution in [-0.4, -0.2) is 19.6 Å². The van der Waals surface area contributed by atoms with Crippen molar-refractivity contribution in [1.82, 2.24) is 5.32 Å². The van der Waals surface area contributed by atoms with E-state index in [1.165, 1.54) is 19.3 Å². The summed E-state index contributed by atoms with van der Waals surface area (Å²) in [6, 6.07) is 3.74. The fraction of sp³-hybridized carbons (Fsp3) is 0.722. The Kier molecular flexibility index (Phi) is 3.52. The van der Waals surface area contributed by atoms with E-state index in [1.54, 1.807) is 13.4 Å². The summed E-state index contributed by atoms with van der Waals surface area (Å²) in [5.74, 6) is 3.40. The average molecular weight is 303 g/mol. The van der Waals surface area contributed by atoms with Crippen LogP contribution < -0.4 is 5.32 Å². The van der Waals surface area contributed by atoms with Crippen LogP contribution in [0, 0.1) is 23.2 Å². The fourth-order valence-electron chi connectivity index (χ4n) is 5.54. The van der Waals surface area contributed by atoms with Gasteiger partial charge < -0.3 is 14.5 Å². The zero-order valence-corrected chi connectivity index (χ0v) is 13.2. The summed E-state index contributed by atoms with van der Waals surface area (Å²) in [6.45, 7) is 0.491. The van der Waals surface area contributed by atoms with Crippen LogP contribution in [0.15, 0.2) is 22.8 Å². The van der Waals surface area contributed by atoms with Gasteiger partial charge in [0.05, 0.1) is 12.8 Å². The van der Waals surface area contributed by atoms with Gasteiger partial charge in [0.1, 0.15) is 11.9 Å². The van der Waals surface area contributed by atoms with Crippen LogP contribution in [0.3, 0.4) is 0 Å². The fourth-order valence-corrected chi connectivity index (χ4v) is 5.54. The molecule has 4 fully saturated rings. The number of furan rings is 1. The van der Waals surface area contributed by atoms with E-state index in [9.17, 15) is 4.79 Å². The van der Waals surface area contributed by atoms with Gasteiger partial charge in [-0.2, -0.15) is 0 Å². The number of carbonyl (C=O) groups is 1. The van der Waals surface area contributed by atoms with Crippen molar-refractivity contribution in [2.45, 2.75) is 44.6 Å². The summed E-state index contributed by atoms with van der Waals surface area (Å²) < 4.78 is 10.8. The largest absolute Gasteiger partial charge is 0.467 e. The summed E-state index contributed by atoms with van der Waals surface area (Å²) in [6.07, 6.45) is 8.82. The molecule has 22 heavy (non-hydrogen) atoms. The van der Waals surface area contributed by atoms with Crippen LogP contribution in [0.25, 0.3) is 0 Å². The Bertz CT molecular complexity index is 501. The highest BCUT2D eigenvalue weighted by molar-refractivity contribution is 5.83. The van der Waals surface area contributed by atoms with Crippen LogP contribution in [0.5, 0.6) is 0 Å². The van der Waals surface area contributed by atoms with Gasteiger partial charge in [0, 0.05) is 12.5 Å². The van der Waals surface area contributed by atoms with Gasteiger partial charge in [-0.3, -0.25) is 4.79 Å². The zero-order chi connectivity index (χ0) is 15.2. The molecule has 0 radical (unpaired) electrons. The molecule has 1 amide bonds. The smallest absolute Gasteiger partial charge is 0.226 e. The molecule has 120 valence electrons. The molecule has 1 aromatic heterocycles. The maximum atomic E-state index is 12.9. The van der Waals surface area contributed by atoms with Crippen LogP contribution >= 0.6 is 0 Å². The molecule has 4 aliphatic carbocycles. The molecule has 1 N–H and O–H groups in total. The van der Waals surface area contributed by atoms with Gasteiger partial charge in [0.2, 0.25) is 5.91 Å². The third kappa shape index (κ3) is 2.37. The van der Waals surface area contributed by atoms with Crippen LogP contribution in [0.2, 0.25) is 0 Å². The molecule has 4 saturated carbocycles. The molecule has 0 aliphatic heterocycles. The number of amides is 1. The van der Waals surface area contributed by atoms with Crippen LogP contribution in [0.4, 0.5) is 0 Å². The molecule has 1 atom stereocenters. The van der Waals surface area contributed by atoms with Crippen molar-refractivity contribution < 1.29 is 13.9 Å². The Morgan fingerprint density at radius 3 is 2.45 bits per heavy atom. The van der Waals surface area contributed by atoms with E-state index in [-0.39, 0.29) is 17.4 Å². The van der Waals surface area contributed by atoms with Crippen molar-refractivity contribution in [1.29, 1.82) is 0 Å². The van der Waals surface area contributed by atoms with Gasteiger partial charge in [0.25, 0.3) is 0 Å². The number of carbonyl (C=O) groups excluding carboxylic acids is 1. The quantitative estimate of drug-likeness (QED) is 0.908. The minimum Gasteiger partial charge on any atom is -0.467 e. The predicted octanol–water partition coefficient (Wildman–Crippen LogP) is 3.30. The summed E-state index contributed by atoms with van der Waals surface area (Å²) in [5.41, 5.74) is -0.0871. The predicted molar refractivity (Wildman–Crippen MR) is 82.1 cm³/mol. The highest BCUT2D eigenvalue weighted by atomic mass is 16.5. The molecule has 4 aliphatic rings. The Morgan fingerprint density at radius 2 is 1.95 bits per heavy atom. The van der Waals surface area contributed by atoms with E-state index < -0.39 is 0 Å². The maximum Gasteiger partial charge on any atom is 0.226 e. The molecular weight excluding hydrogens is 278 g/mol. The summed E-state index contributed by atoms with van der Waals surface area (Å²) in [5, 5.41) is 3.16. The average Bonchev–Trinajstić information content (AvgIpc) is 3.00. The van der Waals surface area contributed by atoms with Crippen molar-refractivity contribution in [3.8, 4) is 0 Å². The SMILES string of the molecule is CO[C@H](CNC(=O)C12CC3CC(CC(C3)C1)C2)c1ccco1. The molecule has 0 saturated heterocycles. The Morgan fingerprint density at radius 1 is 1.32 bits per heavy atom. The number of methoxy groups -OCH3 is 1. The lowest BCUT2D eigenvalue weighted by molar-refractivity contribution is -0.146. The minimum atomic E-state index is -0.201. The maximum absolute atomic E-state index is 12.9. The second-order valence-corrected chi connectivity index (χ2v) is 7.65. The molecule has 1 aromatic rings. The molecule has 4 nitrogen and oxygen atoms in total. The molecule has 4 heteroatoms. The molecule has 0 unspecified atom stereocenters. The minimum absolute atomic E-state index is 0.0871. The van der Waals surface area contributed by atoms with Crippen LogP contribution in [-0.2, 0) is 9.53 Å². The Balaban J connectivity index is 1.42. The Labute approximate surface area is 131 Å². The third-order valence-corrected chi connectivity index (χ3v) is 6.11. The van der Waals surface area contributed by atoms with Gasteiger partial charge >= 0.3 is 0 Å². The lowest BCUT2D eigenvalue weighted by Crippen LogP contribution is -2.54. The molecular formula is C18H25NO3. The van der Waals surface area contributed by atoms with E-state index in [4.69, 9.17) is 9.15 Å². The van der Waals surface area contributed by atoms with Gasteiger partial charge in [-0.05, 0) is 68.4 Å². The van der Waals surface area contributed by atoms with Gasteiger partial charge in [-0.25, -0.2) is 0 Å². The molecule has 0 aromatic carbocycles. The van der Waals surface area contributed by atoms with Gasteiger partial charge in [0.15, 0.2) is 0 Å². The van der Waals surface area contributed by atoms with E-state index in [1.807, 2.05) is 12.1 Å². The Hall–Kier alpha value is -1.29. The first-order chi connectivity index (χ1) is 10.7. The van der Waals surface area contributed by atoms with E-state index in [2.05, 4.69) is 5.32 Å². The first-order valence-electron chi connectivity index (χ1n) is 8.53. The molecule has 0 spiro atoms. The summed E-state index contributed by atoms with van der Waals surface area (Å²) in [7, 11) is 1.66. The topological polar surface area (TPSA) is 51.5 Å². The van der Waals surface area contributed by atoms with E-state index in [0.717, 1.165) is 42.8 Å². The lowest BCUT2D eigenvalue weighted by Gasteiger charge is -2.55. The number of hydrogen-bond donors (Lipinski definition) is 1. The third-order valence-electron chi connectivity index (χ3n) is 6.11. The van der Waals surface area contributed by atoms with E-state index in [0.29, 0.717) is 6.54 Å². The van der Waals surface area contributed by atoms with E-state index >= 15 is 0 Å². The number of rotatable bonds is 5. The van der Waals surface area contributed by atoms with Crippen molar-refractivity contribution in [3.05, 3.63) is 24.2 Å². The number of hydrogen-bond acceptors (Lipinski definition) is 3. The van der Waals surface area contributed by atoms with Crippen molar-refractivity contribution in [2.75, 3.05) is 13.7 Å². The zero-order valence-electron chi connectivity index (χ0n) is 13.2. The number of ether oxygens (including phenoxy) is 1. The summed E-state index contributed by atoms with van der Waals surface area (Å²) in [4.78, 5) is 12.9. The molecule has 4 bridgehead atoms. The number of nitrogens with one attached hydrogen (secondary N) is 1. The van der Waals surface area contributed by atoms with Gasteiger partial charge in [-0.15, -0.1) is 0 Å². The highest BCUT2D eigenvalue weighted by Gasteiger charge is 2.54. The van der Waals surface area contributed by atoms with Crippen molar-refractivity contribution in [3.63, 3.8) is 0 Å². The van der Waals surface area contributed by atoms with Crippen LogP contribution in [0.1, 0.15) is 50.4 Å². The van der Waals surface area contributed by atoms with Crippen molar-refractivity contribution >= 4 is 5.91 Å². The molecule has 5 rings (SSSR count). The summed E-state index contributed by atoms with van der Waals surface area (Å²) >= 11 is 0. The normalized spacial score (nSPS) is 37.2. The first kappa shape index (κ1) is 14.3. The van der Waals surface area contributed by atoms with Crippen molar-refractivity contribution in [2.24, 2.45) is 23.2 Å². The lowest BCUT2D eigenvalue weighted by atomic mass is 9.49. The molecule has 1 heterocycles. The monoisotopic (exact) mass is 303 g/mol. The second-order valence-electron chi connectivity index (χ2n) is 7.65. The standard InChI is InChI=1S/C18H25NO3/c1-21-16(15-3-2-4-22-15)11-19-17(20)18-8-12-5-13(9-18)7-14(6-12)10-18/h2-4,12-14,16H,5-11H2,1H3,(H,19,20)/t12?,13?,14?,16-,18?/m1/s1. The second kappa shape index (κ2) is 5.41. The van der Waals surface area contributed by atoms with Gasteiger partial charge in [-0.1, -0.05) is 0 Å².